The zero-order chi connectivity index (χ0) is 21.4. The predicted molar refractivity (Wildman–Crippen MR) is 133 cm³/mol. The van der Waals surface area contributed by atoms with E-state index >= 15 is 0 Å². The Morgan fingerprint density at radius 2 is 1.28 bits per heavy atom. The van der Waals surface area contributed by atoms with Crippen molar-refractivity contribution in [3.05, 3.63) is 84.4 Å². The largest absolute Gasteiger partial charge is 0.342 e. The lowest BCUT2D eigenvalue weighted by atomic mass is 9.95. The highest BCUT2D eigenvalue weighted by molar-refractivity contribution is 6.23. The summed E-state index contributed by atoms with van der Waals surface area (Å²) in [6, 6.07) is 26.2. The molecule has 0 radical (unpaired) electrons. The van der Waals surface area contributed by atoms with Gasteiger partial charge in [0.25, 0.3) is 0 Å². The Balaban J connectivity index is 1.50. The van der Waals surface area contributed by atoms with Crippen LogP contribution in [-0.2, 0) is 0 Å². The summed E-state index contributed by atoms with van der Waals surface area (Å²) < 4.78 is 0. The molecule has 0 bridgehead atoms. The van der Waals surface area contributed by atoms with Gasteiger partial charge in [-0.1, -0.05) is 54.6 Å². The third kappa shape index (κ3) is 2.38. The second-order valence-electron chi connectivity index (χ2n) is 8.57. The molecule has 0 fully saturated rings. The Bertz CT molecular complexity index is 1850. The van der Waals surface area contributed by atoms with E-state index in [-0.39, 0.29) is 0 Å². The van der Waals surface area contributed by atoms with Crippen molar-refractivity contribution in [1.82, 2.24) is 19.9 Å². The quantitative estimate of drug-likeness (QED) is 0.281. The molecule has 152 valence electrons. The first kappa shape index (κ1) is 17.5. The average Bonchev–Trinajstić information content (AvgIpc) is 3.40. The van der Waals surface area contributed by atoms with Crippen LogP contribution >= 0.6 is 0 Å². The summed E-state index contributed by atoms with van der Waals surface area (Å²) in [5, 5.41) is 7.25. The predicted octanol–water partition coefficient (Wildman–Crippen LogP) is 7.18. The summed E-state index contributed by atoms with van der Waals surface area (Å²) in [5.41, 5.74) is 6.68. The average molecular weight is 412 g/mol. The van der Waals surface area contributed by atoms with Gasteiger partial charge in [-0.05, 0) is 59.3 Å². The highest BCUT2D eigenvalue weighted by Crippen LogP contribution is 2.37. The van der Waals surface area contributed by atoms with E-state index in [1.54, 1.807) is 0 Å². The number of aryl methyl sites for hydroxylation is 2. The van der Waals surface area contributed by atoms with Crippen molar-refractivity contribution in [2.24, 2.45) is 0 Å². The van der Waals surface area contributed by atoms with Crippen LogP contribution in [0.4, 0.5) is 0 Å². The first-order valence-corrected chi connectivity index (χ1v) is 10.9. The number of imidazole rings is 2. The first-order chi connectivity index (χ1) is 15.7. The van der Waals surface area contributed by atoms with E-state index in [0.717, 1.165) is 33.7 Å². The number of aromatic amines is 2. The fourth-order valence-corrected chi connectivity index (χ4v) is 5.08. The fourth-order valence-electron chi connectivity index (χ4n) is 5.08. The standard InChI is InChI=1S/C28H20N4/c1-15-29-25-12-9-19-13-17(7-10-20(19)26(25)30-15)18-8-11-23-24(14-18)21-5-3-4-6-22(21)27-28(23)32-16(2)31-27/h3-14H,1-2H3,(H,29,30)(H,31,32). The Hall–Kier alpha value is -4.18. The van der Waals surface area contributed by atoms with Crippen LogP contribution in [0.25, 0.3) is 65.5 Å². The monoisotopic (exact) mass is 412 g/mol. The number of benzene rings is 5. The van der Waals surface area contributed by atoms with Crippen LogP contribution in [0.1, 0.15) is 11.6 Å². The zero-order valence-corrected chi connectivity index (χ0v) is 17.8. The molecule has 0 amide bonds. The van der Waals surface area contributed by atoms with Crippen LogP contribution in [0.5, 0.6) is 0 Å². The molecule has 7 rings (SSSR count). The van der Waals surface area contributed by atoms with Gasteiger partial charge < -0.3 is 9.97 Å². The van der Waals surface area contributed by atoms with Crippen molar-refractivity contribution in [2.45, 2.75) is 13.8 Å². The molecule has 0 spiro atoms. The second kappa shape index (κ2) is 6.17. The van der Waals surface area contributed by atoms with Gasteiger partial charge in [-0.25, -0.2) is 9.97 Å². The maximum atomic E-state index is 4.77. The summed E-state index contributed by atoms with van der Waals surface area (Å²) in [5.74, 6) is 1.88. The third-order valence-electron chi connectivity index (χ3n) is 6.50. The zero-order valence-electron chi connectivity index (χ0n) is 17.8. The summed E-state index contributed by atoms with van der Waals surface area (Å²) in [6.45, 7) is 4.01. The number of aromatic nitrogens is 4. The second-order valence-corrected chi connectivity index (χ2v) is 8.57. The molecule has 2 aromatic heterocycles. The Morgan fingerprint density at radius 1 is 0.562 bits per heavy atom. The van der Waals surface area contributed by atoms with E-state index in [1.165, 1.54) is 43.4 Å². The number of hydrogen-bond acceptors (Lipinski definition) is 2. The Morgan fingerprint density at radius 3 is 2.16 bits per heavy atom. The SMILES string of the molecule is Cc1nc2c(ccc3cc(-c4ccc5c(c4)c4ccccc4c4nc(C)[nH]c54)ccc32)[nH]1. The lowest BCUT2D eigenvalue weighted by Gasteiger charge is -2.10. The van der Waals surface area contributed by atoms with Crippen LogP contribution in [-0.4, -0.2) is 19.9 Å². The molecule has 0 atom stereocenters. The number of hydrogen-bond donors (Lipinski definition) is 2. The van der Waals surface area contributed by atoms with Gasteiger partial charge in [-0.3, -0.25) is 0 Å². The molecular formula is C28H20N4. The van der Waals surface area contributed by atoms with Gasteiger partial charge in [-0.15, -0.1) is 0 Å². The summed E-state index contributed by atoms with van der Waals surface area (Å²) in [4.78, 5) is 16.3. The van der Waals surface area contributed by atoms with Gasteiger partial charge in [0.05, 0.1) is 22.1 Å². The molecule has 0 unspecified atom stereocenters. The molecule has 4 heteroatoms. The topological polar surface area (TPSA) is 57.4 Å². The molecule has 2 N–H and O–H groups in total. The maximum Gasteiger partial charge on any atom is 0.104 e. The minimum atomic E-state index is 0.941. The Kier molecular flexibility index (Phi) is 3.37. The smallest absolute Gasteiger partial charge is 0.104 e. The Labute approximate surface area is 183 Å². The highest BCUT2D eigenvalue weighted by Gasteiger charge is 2.13. The molecule has 0 saturated heterocycles. The first-order valence-electron chi connectivity index (χ1n) is 10.9. The number of fused-ring (bicyclic) bond motifs is 9. The lowest BCUT2D eigenvalue weighted by Crippen LogP contribution is -1.85. The maximum absolute atomic E-state index is 4.77. The van der Waals surface area contributed by atoms with E-state index < -0.39 is 0 Å². The van der Waals surface area contributed by atoms with E-state index in [4.69, 9.17) is 4.98 Å². The molecule has 0 aliphatic heterocycles. The molecule has 4 nitrogen and oxygen atoms in total. The number of H-pyrrole nitrogens is 2. The van der Waals surface area contributed by atoms with Gasteiger partial charge in [0.2, 0.25) is 0 Å². The van der Waals surface area contributed by atoms with E-state index in [0.29, 0.717) is 0 Å². The molecule has 7 aromatic rings. The van der Waals surface area contributed by atoms with Crippen LogP contribution < -0.4 is 0 Å². The summed E-state index contributed by atoms with van der Waals surface area (Å²) in [7, 11) is 0. The molecule has 32 heavy (non-hydrogen) atoms. The van der Waals surface area contributed by atoms with Gasteiger partial charge in [0.1, 0.15) is 11.6 Å². The molecule has 0 aliphatic carbocycles. The van der Waals surface area contributed by atoms with Crippen LogP contribution in [0.3, 0.4) is 0 Å². The fraction of sp³-hybridized carbons (Fsp3) is 0.0714. The van der Waals surface area contributed by atoms with Crippen LogP contribution in [0.15, 0.2) is 72.8 Å². The molecule has 0 saturated carbocycles. The van der Waals surface area contributed by atoms with Crippen molar-refractivity contribution < 1.29 is 0 Å². The number of nitrogens with zero attached hydrogens (tertiary/aromatic N) is 2. The number of nitrogens with one attached hydrogen (secondary N) is 2. The minimum Gasteiger partial charge on any atom is -0.342 e. The van der Waals surface area contributed by atoms with Gasteiger partial charge >= 0.3 is 0 Å². The van der Waals surface area contributed by atoms with E-state index in [2.05, 4.69) is 87.7 Å². The molecular weight excluding hydrogens is 392 g/mol. The van der Waals surface area contributed by atoms with Gasteiger partial charge in [-0.2, -0.15) is 0 Å². The van der Waals surface area contributed by atoms with Crippen molar-refractivity contribution in [3.8, 4) is 11.1 Å². The minimum absolute atomic E-state index is 0.941. The van der Waals surface area contributed by atoms with E-state index in [1.807, 2.05) is 13.8 Å². The van der Waals surface area contributed by atoms with Gasteiger partial charge in [0.15, 0.2) is 0 Å². The molecule has 5 aromatic carbocycles. The lowest BCUT2D eigenvalue weighted by molar-refractivity contribution is 1.17. The van der Waals surface area contributed by atoms with Crippen molar-refractivity contribution in [2.75, 3.05) is 0 Å². The van der Waals surface area contributed by atoms with Crippen molar-refractivity contribution >= 4 is 54.4 Å². The normalized spacial score (nSPS) is 12.1. The molecule has 0 aliphatic rings. The summed E-state index contributed by atoms with van der Waals surface area (Å²) >= 11 is 0. The van der Waals surface area contributed by atoms with E-state index in [9.17, 15) is 0 Å². The third-order valence-corrected chi connectivity index (χ3v) is 6.50. The summed E-state index contributed by atoms with van der Waals surface area (Å²) in [6.07, 6.45) is 0. The molecule has 2 heterocycles. The van der Waals surface area contributed by atoms with Crippen LogP contribution in [0.2, 0.25) is 0 Å². The number of rotatable bonds is 1. The van der Waals surface area contributed by atoms with Gasteiger partial charge in [0, 0.05) is 16.2 Å². The van der Waals surface area contributed by atoms with Crippen molar-refractivity contribution in [1.29, 1.82) is 0 Å². The van der Waals surface area contributed by atoms with Crippen molar-refractivity contribution in [3.63, 3.8) is 0 Å². The highest BCUT2D eigenvalue weighted by atomic mass is 14.9. The van der Waals surface area contributed by atoms with Crippen LogP contribution in [0, 0.1) is 13.8 Å².